The van der Waals surface area contributed by atoms with E-state index in [4.69, 9.17) is 0 Å². The number of esters is 1. The van der Waals surface area contributed by atoms with E-state index in [2.05, 4.69) is 57.6 Å². The highest BCUT2D eigenvalue weighted by molar-refractivity contribution is 7.91. The number of sulfonamides is 4. The SMILES string of the molecule is CC(=O)c1ccc(F)c(S(=O)(=O)NC(=O)Nc2c3c(c(C)c4c2CCC4)CCC3)c1.CC(C)(O)c1ccc(F)c(S(=O)(=O)NC(=O)Nc2c3c(c(C#N)c4c2CCC4)CCC3)c1.COC(=O)c1ccc(F)c(S(=O)(=O)NC(=O)Nc2c3c(c(C)c4c2CCC4)CCC3)c1.Cc1c2c(c(NC(=O)NS(=O)(=O)c3ccc(CO)c(C(C)(C)O)c3)c3c1CCC3)CCC2. The minimum absolute atomic E-state index is 0.0476. The topological polar surface area (TPSA) is 429 Å². The lowest BCUT2D eigenvalue weighted by atomic mass is 9.93. The third kappa shape index (κ3) is 18.9. The van der Waals surface area contributed by atoms with Gasteiger partial charge in [-0.15, -0.1) is 0 Å². The number of nitriles is 1. The fraction of sp³-hybridized carbons (Fsp3) is 0.396. The van der Waals surface area contributed by atoms with Gasteiger partial charge < -0.3 is 41.3 Å². The summed E-state index contributed by atoms with van der Waals surface area (Å²) in [5, 5.41) is 50.6. The molecule has 0 fully saturated rings. The molecule has 0 atom stereocenters. The summed E-state index contributed by atoms with van der Waals surface area (Å²) in [4.78, 5) is 71.6. The summed E-state index contributed by atoms with van der Waals surface area (Å²) >= 11 is 0. The van der Waals surface area contributed by atoms with Crippen LogP contribution in [-0.2, 0) is 165 Å². The average molecular weight is 1790 g/mol. The van der Waals surface area contributed by atoms with Crippen LogP contribution < -0.4 is 40.2 Å². The zero-order chi connectivity index (χ0) is 90.5. The number of carbonyl (C=O) groups is 6. The molecule has 16 rings (SSSR count). The predicted molar refractivity (Wildman–Crippen MR) is 462 cm³/mol. The number of rotatable bonds is 17. The second-order valence-corrected chi connectivity index (χ2v) is 40.3. The number of benzene rings is 8. The number of Topliss-reactive ketones (excluding diaryl/α,β-unsaturated/α-hetero) is 1. The molecule has 125 heavy (non-hydrogen) atoms. The minimum atomic E-state index is -4.56. The number of urea groups is 4. The molecule has 0 bridgehead atoms. The Morgan fingerprint density at radius 2 is 0.688 bits per heavy atom. The van der Waals surface area contributed by atoms with Crippen molar-refractivity contribution in [2.24, 2.45) is 0 Å². The first-order valence-corrected chi connectivity index (χ1v) is 47.5. The number of nitrogens with zero attached hydrogens (tertiary/aromatic N) is 1. The van der Waals surface area contributed by atoms with Crippen LogP contribution >= 0.6 is 0 Å². The Morgan fingerprint density at radius 1 is 0.400 bits per heavy atom. The van der Waals surface area contributed by atoms with Crippen LogP contribution in [0.4, 0.5) is 55.1 Å². The molecule has 662 valence electrons. The number of ketones is 1. The number of nitrogens with one attached hydrogen (secondary N) is 8. The zero-order valence-electron chi connectivity index (χ0n) is 70.8. The van der Waals surface area contributed by atoms with Crippen molar-refractivity contribution in [1.29, 1.82) is 5.26 Å². The van der Waals surface area contributed by atoms with Crippen LogP contribution in [-0.4, -0.2) is 92.0 Å². The van der Waals surface area contributed by atoms with Gasteiger partial charge in [-0.05, 0) is 393 Å². The summed E-state index contributed by atoms with van der Waals surface area (Å²) in [7, 11) is -16.6. The summed E-state index contributed by atoms with van der Waals surface area (Å²) in [5.41, 5.74) is 23.1. The first-order valence-electron chi connectivity index (χ1n) is 41.6. The number of hydrogen-bond acceptors (Lipinski definition) is 19. The van der Waals surface area contributed by atoms with Crippen LogP contribution in [0.1, 0.15) is 235 Å². The average Bonchev–Trinajstić information content (AvgIpc) is 1.61. The van der Waals surface area contributed by atoms with Gasteiger partial charge in [0.25, 0.3) is 40.1 Å². The van der Waals surface area contributed by atoms with Crippen molar-refractivity contribution in [2.45, 2.75) is 247 Å². The molecule has 8 aliphatic rings. The lowest BCUT2D eigenvalue weighted by molar-refractivity contribution is 0.0599. The smallest absolute Gasteiger partial charge is 0.337 e. The molecule has 27 nitrogen and oxygen atoms in total. The van der Waals surface area contributed by atoms with Crippen molar-refractivity contribution in [3.63, 3.8) is 0 Å². The Bertz CT molecular complexity index is 6250. The van der Waals surface area contributed by atoms with E-state index in [0.717, 1.165) is 252 Å². The van der Waals surface area contributed by atoms with E-state index >= 15 is 0 Å². The molecule has 8 aromatic rings. The van der Waals surface area contributed by atoms with E-state index in [1.54, 1.807) is 0 Å². The maximum absolute atomic E-state index is 14.3. The normalized spacial score (nSPS) is 15.0. The number of hydrogen-bond donors (Lipinski definition) is 11. The Kier molecular flexibility index (Phi) is 26.5. The van der Waals surface area contributed by atoms with Crippen molar-refractivity contribution in [3.05, 3.63) is 229 Å². The predicted octanol–water partition coefficient (Wildman–Crippen LogP) is 13.8. The molecule has 8 aliphatic carbocycles. The van der Waals surface area contributed by atoms with Gasteiger partial charge in [-0.2, -0.15) is 5.26 Å². The lowest BCUT2D eigenvalue weighted by Gasteiger charge is -2.22. The first-order chi connectivity index (χ1) is 59.0. The molecule has 34 heteroatoms. The molecule has 8 aromatic carbocycles. The largest absolute Gasteiger partial charge is 0.465 e. The van der Waals surface area contributed by atoms with E-state index in [0.29, 0.717) is 41.0 Å². The van der Waals surface area contributed by atoms with Crippen LogP contribution in [0.25, 0.3) is 0 Å². The minimum Gasteiger partial charge on any atom is -0.465 e. The van der Waals surface area contributed by atoms with E-state index in [9.17, 15) is 96.2 Å². The molecular formula is C91H100F3N9O18S4. The maximum atomic E-state index is 14.3. The highest BCUT2D eigenvalue weighted by Gasteiger charge is 2.37. The summed E-state index contributed by atoms with van der Waals surface area (Å²) < 4.78 is 157. The van der Waals surface area contributed by atoms with E-state index in [1.165, 1.54) is 115 Å². The summed E-state index contributed by atoms with van der Waals surface area (Å²) in [5.74, 6) is -4.35. The summed E-state index contributed by atoms with van der Waals surface area (Å²) in [6.07, 6.45) is 21.4. The van der Waals surface area contributed by atoms with Crippen LogP contribution in [0.5, 0.6) is 0 Å². The van der Waals surface area contributed by atoms with Crippen LogP contribution in [0.15, 0.2) is 92.4 Å². The van der Waals surface area contributed by atoms with Gasteiger partial charge in [0, 0.05) is 28.3 Å². The molecule has 0 radical (unpaired) electrons. The standard InChI is InChI=1S/C24H30N2O5S.C23H24FN3O4S.C22H23FN2O5S.C22H23FN2O4S/c1-14-17-6-4-8-19(17)22(20-9-5-7-18(14)20)25-23(28)26-32(30,31)16-11-10-15(13-27)21(12-16)24(2,3)29;1-23(2,29)13-9-10-19(24)20(11-13)32(30,31)27-22(28)26-21-16-7-3-5-14(16)18(12-25)15-6-4-8-17(15)21;1-12-14-5-3-7-16(14)20(17-8-4-6-15(12)17)24-22(27)25-31(28,29)19-11-13(21(26)30-2)9-10-18(19)23;1-12-15-5-3-7-17(15)21(18-8-4-6-16(12)18)24-22(27)25-30(28,29)20-11-14(13(2)26)9-10-19(20)23/h10-12,27,29H,4-9,13H2,1-3H3,(H2,25,26,28);9-11,29H,3-8H2,1-2H3,(H2,26,27,28);9-11H,3-8H2,1-2H3,(H2,24,25,27);9-11H,3-8H2,1-2H3,(H2,24,25,27). The van der Waals surface area contributed by atoms with Gasteiger partial charge in [-0.25, -0.2) is 89.7 Å². The summed E-state index contributed by atoms with van der Waals surface area (Å²) in [6.45, 7) is 13.2. The molecule has 0 saturated heterocycles. The number of anilines is 4. The van der Waals surface area contributed by atoms with Crippen LogP contribution in [0.3, 0.4) is 0 Å². The summed E-state index contributed by atoms with van der Waals surface area (Å²) in [6, 6.07) is 11.8. The number of ether oxygens (including phenoxy) is 1. The molecule has 8 amide bonds. The fourth-order valence-corrected chi connectivity index (χ4v) is 23.0. The Labute approximate surface area is 724 Å². The quantitative estimate of drug-likeness (QED) is 0.0298. The highest BCUT2D eigenvalue weighted by Crippen LogP contribution is 2.47. The van der Waals surface area contributed by atoms with Crippen molar-refractivity contribution in [2.75, 3.05) is 28.4 Å². The Balaban J connectivity index is 0.000000143. The van der Waals surface area contributed by atoms with Gasteiger partial charge in [0.2, 0.25) is 0 Å². The second kappa shape index (κ2) is 36.1. The molecule has 11 N–H and O–H groups in total. The number of aliphatic hydroxyl groups excluding tert-OH is 1. The number of fused-ring (bicyclic) bond motifs is 8. The number of halogens is 3. The number of carbonyl (C=O) groups excluding carboxylic acids is 6. The second-order valence-electron chi connectivity index (χ2n) is 33.7. The Morgan fingerprint density at radius 3 is 0.992 bits per heavy atom. The molecule has 0 unspecified atom stereocenters. The van der Waals surface area contributed by atoms with Crippen molar-refractivity contribution < 1.29 is 95.7 Å². The van der Waals surface area contributed by atoms with Crippen molar-refractivity contribution >= 4 is 98.7 Å². The van der Waals surface area contributed by atoms with Crippen molar-refractivity contribution in [1.82, 2.24) is 18.9 Å². The van der Waals surface area contributed by atoms with Crippen LogP contribution in [0.2, 0.25) is 0 Å². The van der Waals surface area contributed by atoms with E-state index < -0.39 is 119 Å². The lowest BCUT2D eigenvalue weighted by Crippen LogP contribution is -2.35. The Hall–Kier alpha value is -11.1. The van der Waals surface area contributed by atoms with Gasteiger partial charge in [0.1, 0.15) is 32.1 Å². The molecular weight excluding hydrogens is 1690 g/mol. The van der Waals surface area contributed by atoms with Crippen molar-refractivity contribution in [3.8, 4) is 6.07 Å². The molecule has 0 heterocycles. The monoisotopic (exact) mass is 1790 g/mol. The highest BCUT2D eigenvalue weighted by atomic mass is 32.2. The van der Waals surface area contributed by atoms with Crippen LogP contribution in [0, 0.1) is 49.6 Å². The number of aliphatic hydroxyl groups is 3. The number of methoxy groups -OCH3 is 1. The zero-order valence-corrected chi connectivity index (χ0v) is 74.1. The molecule has 0 spiro atoms. The van der Waals surface area contributed by atoms with E-state index in [-0.39, 0.29) is 33.8 Å². The number of amides is 8. The van der Waals surface area contributed by atoms with E-state index in [1.807, 2.05) is 14.2 Å². The molecule has 0 saturated carbocycles. The molecule has 0 aliphatic heterocycles. The fourth-order valence-electron chi connectivity index (χ4n) is 19.1. The van der Waals surface area contributed by atoms with Gasteiger partial charge in [-0.1, -0.05) is 12.1 Å². The van der Waals surface area contributed by atoms with Gasteiger partial charge in [0.05, 0.1) is 47.0 Å². The third-order valence-electron chi connectivity index (χ3n) is 24.9. The third-order valence-corrected chi connectivity index (χ3v) is 30.2. The van der Waals surface area contributed by atoms with Gasteiger partial charge in [0.15, 0.2) is 5.78 Å². The molecule has 0 aromatic heterocycles. The maximum Gasteiger partial charge on any atom is 0.337 e. The van der Waals surface area contributed by atoms with Gasteiger partial charge >= 0.3 is 30.1 Å². The van der Waals surface area contributed by atoms with Gasteiger partial charge in [-0.3, -0.25) is 4.79 Å². The first kappa shape index (κ1) is 91.6.